The first kappa shape index (κ1) is 17.4. The number of carbonyl (C=O) groups is 2. The van der Waals surface area contributed by atoms with Crippen LogP contribution in [0.3, 0.4) is 0 Å². The lowest BCUT2D eigenvalue weighted by Crippen LogP contribution is -2.66. The van der Waals surface area contributed by atoms with Crippen LogP contribution in [0.15, 0.2) is 42.7 Å². The van der Waals surface area contributed by atoms with Crippen LogP contribution in [0.1, 0.15) is 13.3 Å². The minimum absolute atomic E-state index is 0.0440. The number of anilines is 2. The Morgan fingerprint density at radius 1 is 1.15 bits per heavy atom. The van der Waals surface area contributed by atoms with Gasteiger partial charge in [-0.1, -0.05) is 18.2 Å². The number of halogens is 1. The number of nitrogens with zero attached hydrogens (tertiary/aromatic N) is 5. The Balaban J connectivity index is 1.64. The summed E-state index contributed by atoms with van der Waals surface area (Å²) in [5, 5.41) is 0. The molecule has 2 aliphatic heterocycles. The molecule has 3 heterocycles. The average Bonchev–Trinajstić information content (AvgIpc) is 3.09. The number of hydrogen-bond acceptors (Lipinski definition) is 5. The summed E-state index contributed by atoms with van der Waals surface area (Å²) in [5.41, 5.74) is 0.300. The first-order valence-corrected chi connectivity index (χ1v) is 8.85. The van der Waals surface area contributed by atoms with Crippen molar-refractivity contribution in [1.29, 1.82) is 0 Å². The first-order chi connectivity index (χ1) is 13.0. The maximum atomic E-state index is 13.1. The van der Waals surface area contributed by atoms with Crippen LogP contribution in [0, 0.1) is 5.82 Å². The Labute approximate surface area is 156 Å². The van der Waals surface area contributed by atoms with Crippen LogP contribution in [0.2, 0.25) is 0 Å². The van der Waals surface area contributed by atoms with Crippen LogP contribution in [-0.4, -0.2) is 58.4 Å². The van der Waals surface area contributed by atoms with Crippen LogP contribution in [0.4, 0.5) is 16.0 Å². The summed E-state index contributed by atoms with van der Waals surface area (Å²) in [6.45, 7) is 3.07. The molecule has 0 N–H and O–H groups in total. The van der Waals surface area contributed by atoms with E-state index in [4.69, 9.17) is 0 Å². The van der Waals surface area contributed by atoms with Gasteiger partial charge in [-0.15, -0.1) is 0 Å². The molecule has 140 valence electrons. The van der Waals surface area contributed by atoms with Crippen LogP contribution in [0.5, 0.6) is 0 Å². The number of amides is 2. The normalized spacial score (nSPS) is 22.6. The highest BCUT2D eigenvalue weighted by molar-refractivity contribution is 5.98. The van der Waals surface area contributed by atoms with E-state index in [0.717, 1.165) is 18.1 Å². The molecule has 2 saturated heterocycles. The van der Waals surface area contributed by atoms with E-state index in [1.807, 2.05) is 35.2 Å². The fourth-order valence-electron chi connectivity index (χ4n) is 3.99. The largest absolute Gasteiger partial charge is 0.338 e. The van der Waals surface area contributed by atoms with Gasteiger partial charge < -0.3 is 14.7 Å². The lowest BCUT2D eigenvalue weighted by Gasteiger charge is -2.48. The summed E-state index contributed by atoms with van der Waals surface area (Å²) in [7, 11) is 0. The summed E-state index contributed by atoms with van der Waals surface area (Å²) < 4.78 is 13.1. The van der Waals surface area contributed by atoms with Crippen molar-refractivity contribution >= 4 is 23.5 Å². The molecule has 0 aliphatic carbocycles. The maximum Gasteiger partial charge on any atom is 0.246 e. The van der Waals surface area contributed by atoms with E-state index in [9.17, 15) is 14.0 Å². The highest BCUT2D eigenvalue weighted by Gasteiger charge is 2.50. The van der Waals surface area contributed by atoms with Crippen molar-refractivity contribution in [2.45, 2.75) is 18.9 Å². The van der Waals surface area contributed by atoms with E-state index in [0.29, 0.717) is 32.0 Å². The maximum absolute atomic E-state index is 13.1. The van der Waals surface area contributed by atoms with Gasteiger partial charge in [0.05, 0.1) is 24.5 Å². The summed E-state index contributed by atoms with van der Waals surface area (Å²) >= 11 is 0. The molecule has 8 heteroatoms. The molecule has 2 aliphatic rings. The monoisotopic (exact) mass is 369 g/mol. The number of hydrogen-bond donors (Lipinski definition) is 0. The van der Waals surface area contributed by atoms with Crippen molar-refractivity contribution in [1.82, 2.24) is 14.9 Å². The molecule has 27 heavy (non-hydrogen) atoms. The highest BCUT2D eigenvalue weighted by Crippen LogP contribution is 2.35. The van der Waals surface area contributed by atoms with E-state index in [2.05, 4.69) is 9.97 Å². The summed E-state index contributed by atoms with van der Waals surface area (Å²) in [4.78, 5) is 38.4. The Morgan fingerprint density at radius 2 is 1.85 bits per heavy atom. The first-order valence-electron chi connectivity index (χ1n) is 8.85. The van der Waals surface area contributed by atoms with Gasteiger partial charge in [0.15, 0.2) is 5.82 Å². The zero-order valence-corrected chi connectivity index (χ0v) is 15.0. The molecule has 2 aromatic rings. The number of para-hydroxylation sites is 1. The van der Waals surface area contributed by atoms with Gasteiger partial charge in [-0.3, -0.25) is 9.59 Å². The predicted octanol–water partition coefficient (Wildman–Crippen LogP) is 1.46. The third-order valence-corrected chi connectivity index (χ3v) is 5.29. The number of piperazine rings is 1. The smallest absolute Gasteiger partial charge is 0.246 e. The molecule has 0 radical (unpaired) electrons. The molecule has 1 aromatic carbocycles. The second-order valence-electron chi connectivity index (χ2n) is 7.02. The fourth-order valence-corrected chi connectivity index (χ4v) is 3.99. The quantitative estimate of drug-likeness (QED) is 0.802. The summed E-state index contributed by atoms with van der Waals surface area (Å²) in [6, 6.07) is 9.47. The zero-order valence-electron chi connectivity index (χ0n) is 15.0. The second kappa shape index (κ2) is 6.61. The van der Waals surface area contributed by atoms with E-state index in [1.54, 1.807) is 9.80 Å². The predicted molar refractivity (Wildman–Crippen MR) is 97.7 cm³/mol. The molecule has 4 rings (SSSR count). The molecule has 1 atom stereocenters. The molecule has 2 fully saturated rings. The molecular formula is C19H20FN5O2. The number of aromatic nitrogens is 2. The molecule has 2 amide bonds. The van der Waals surface area contributed by atoms with Gasteiger partial charge >= 0.3 is 0 Å². The lowest BCUT2D eigenvalue weighted by molar-refractivity contribution is -0.142. The molecule has 1 aromatic heterocycles. The standard InChI is InChI=1S/C19H20FN5O2/c1-14(26)25-11-17(27)24(16-5-3-2-4-6-16)13-19(25)7-8-23(12-19)18-21-9-15(20)10-22-18/h2-6,9-10H,7-8,11-13H2,1H3/t19-/m1/s1. The SMILES string of the molecule is CC(=O)N1CC(=O)N(c2ccccc2)C[C@]12CCN(c1ncc(F)cn1)C2. The highest BCUT2D eigenvalue weighted by atomic mass is 19.1. The van der Waals surface area contributed by atoms with Crippen molar-refractivity contribution in [3.63, 3.8) is 0 Å². The Bertz CT molecular complexity index is 860. The number of benzene rings is 1. The lowest BCUT2D eigenvalue weighted by atomic mass is 9.91. The molecule has 7 nitrogen and oxygen atoms in total. The van der Waals surface area contributed by atoms with Gasteiger partial charge in [-0.25, -0.2) is 14.4 Å². The van der Waals surface area contributed by atoms with Crippen molar-refractivity contribution in [3.8, 4) is 0 Å². The van der Waals surface area contributed by atoms with Crippen molar-refractivity contribution in [3.05, 3.63) is 48.5 Å². The van der Waals surface area contributed by atoms with Crippen LogP contribution < -0.4 is 9.80 Å². The average molecular weight is 369 g/mol. The minimum Gasteiger partial charge on any atom is -0.338 e. The van der Waals surface area contributed by atoms with Crippen molar-refractivity contribution < 1.29 is 14.0 Å². The van der Waals surface area contributed by atoms with Gasteiger partial charge in [-0.2, -0.15) is 0 Å². The van der Waals surface area contributed by atoms with Gasteiger partial charge in [0.2, 0.25) is 17.8 Å². The van der Waals surface area contributed by atoms with E-state index in [-0.39, 0.29) is 18.4 Å². The zero-order chi connectivity index (χ0) is 19.0. The molecule has 0 saturated carbocycles. The van der Waals surface area contributed by atoms with E-state index < -0.39 is 11.4 Å². The summed E-state index contributed by atoms with van der Waals surface area (Å²) in [6.07, 6.45) is 2.96. The molecule has 0 bridgehead atoms. The van der Waals surface area contributed by atoms with Gasteiger partial charge in [-0.05, 0) is 18.6 Å². The Kier molecular flexibility index (Phi) is 4.25. The summed E-state index contributed by atoms with van der Waals surface area (Å²) in [5.74, 6) is -0.284. The van der Waals surface area contributed by atoms with Gasteiger partial charge in [0.1, 0.15) is 6.54 Å². The third-order valence-electron chi connectivity index (χ3n) is 5.29. The minimum atomic E-state index is -0.521. The Hall–Kier alpha value is -3.03. The third kappa shape index (κ3) is 3.11. The van der Waals surface area contributed by atoms with Gasteiger partial charge in [0.25, 0.3) is 0 Å². The van der Waals surface area contributed by atoms with Crippen LogP contribution in [0.25, 0.3) is 0 Å². The molecule has 0 unspecified atom stereocenters. The second-order valence-corrected chi connectivity index (χ2v) is 7.02. The van der Waals surface area contributed by atoms with E-state index >= 15 is 0 Å². The van der Waals surface area contributed by atoms with Crippen LogP contribution in [-0.2, 0) is 9.59 Å². The Morgan fingerprint density at radius 3 is 2.52 bits per heavy atom. The van der Waals surface area contributed by atoms with Crippen molar-refractivity contribution in [2.24, 2.45) is 0 Å². The van der Waals surface area contributed by atoms with E-state index in [1.165, 1.54) is 6.92 Å². The number of carbonyl (C=O) groups excluding carboxylic acids is 2. The van der Waals surface area contributed by atoms with Crippen LogP contribution >= 0.6 is 0 Å². The van der Waals surface area contributed by atoms with Gasteiger partial charge in [0, 0.05) is 25.7 Å². The topological polar surface area (TPSA) is 69.6 Å². The van der Waals surface area contributed by atoms with Crippen molar-refractivity contribution in [2.75, 3.05) is 36.0 Å². The fraction of sp³-hybridized carbons (Fsp3) is 0.368. The number of rotatable bonds is 2. The molecule has 1 spiro atoms. The molecular weight excluding hydrogens is 349 g/mol.